The van der Waals surface area contributed by atoms with Gasteiger partial charge in [-0.25, -0.2) is 4.98 Å². The Balaban J connectivity index is 2.23. The van der Waals surface area contributed by atoms with Crippen LogP contribution in [0.25, 0.3) is 5.65 Å². The number of hydrogen-bond donors (Lipinski definition) is 1. The molecule has 0 aromatic carbocycles. The molecular formula is C10H11N3O2. The van der Waals surface area contributed by atoms with Gasteiger partial charge >= 0.3 is 0 Å². The fourth-order valence-corrected chi connectivity index (χ4v) is 1.29. The number of amides is 1. The highest BCUT2D eigenvalue weighted by atomic mass is 16.5. The molecule has 5 nitrogen and oxygen atoms in total. The summed E-state index contributed by atoms with van der Waals surface area (Å²) in [4.78, 5) is 15.6. The van der Waals surface area contributed by atoms with E-state index in [-0.39, 0.29) is 12.6 Å². The van der Waals surface area contributed by atoms with E-state index in [9.17, 15) is 4.79 Å². The van der Waals surface area contributed by atoms with Crippen LogP contribution in [0.15, 0.2) is 30.7 Å². The largest absolute Gasteiger partial charge is 0.364 e. The van der Waals surface area contributed by atoms with Crippen LogP contribution < -0.4 is 5.32 Å². The van der Waals surface area contributed by atoms with Gasteiger partial charge in [-0.3, -0.25) is 4.79 Å². The van der Waals surface area contributed by atoms with Crippen molar-refractivity contribution >= 4 is 11.6 Å². The molecule has 15 heavy (non-hydrogen) atoms. The first-order valence-electron chi connectivity index (χ1n) is 4.51. The van der Waals surface area contributed by atoms with Gasteiger partial charge in [-0.2, -0.15) is 0 Å². The first-order valence-corrected chi connectivity index (χ1v) is 4.51. The van der Waals surface area contributed by atoms with Crippen molar-refractivity contribution in [1.82, 2.24) is 14.7 Å². The van der Waals surface area contributed by atoms with Crippen LogP contribution in [0.1, 0.15) is 10.4 Å². The molecular weight excluding hydrogens is 194 g/mol. The second kappa shape index (κ2) is 4.10. The van der Waals surface area contributed by atoms with Crippen LogP contribution >= 0.6 is 0 Å². The molecule has 0 bridgehead atoms. The van der Waals surface area contributed by atoms with Crippen LogP contribution in [0.5, 0.6) is 0 Å². The van der Waals surface area contributed by atoms with Gasteiger partial charge in [-0.05, 0) is 12.1 Å². The molecule has 0 saturated heterocycles. The summed E-state index contributed by atoms with van der Waals surface area (Å²) in [7, 11) is 1.53. The molecule has 5 heteroatoms. The smallest absolute Gasteiger partial charge is 0.253 e. The van der Waals surface area contributed by atoms with Gasteiger partial charge in [0.2, 0.25) is 0 Å². The van der Waals surface area contributed by atoms with Gasteiger partial charge in [0.1, 0.15) is 12.4 Å². The van der Waals surface area contributed by atoms with Crippen LogP contribution in [0.4, 0.5) is 0 Å². The maximum Gasteiger partial charge on any atom is 0.253 e. The number of pyridine rings is 1. The summed E-state index contributed by atoms with van der Waals surface area (Å²) in [5.74, 6) is -0.164. The Morgan fingerprint density at radius 3 is 3.27 bits per heavy atom. The molecule has 78 valence electrons. The maximum absolute atomic E-state index is 11.5. The van der Waals surface area contributed by atoms with E-state index in [1.165, 1.54) is 7.11 Å². The number of aromatic nitrogens is 2. The molecule has 2 aromatic heterocycles. The number of methoxy groups -OCH3 is 1. The van der Waals surface area contributed by atoms with E-state index in [0.717, 1.165) is 5.65 Å². The lowest BCUT2D eigenvalue weighted by molar-refractivity contribution is 0.0872. The van der Waals surface area contributed by atoms with Crippen molar-refractivity contribution in [3.05, 3.63) is 36.3 Å². The van der Waals surface area contributed by atoms with Gasteiger partial charge in [0.25, 0.3) is 5.91 Å². The summed E-state index contributed by atoms with van der Waals surface area (Å²) in [5, 5.41) is 2.61. The normalized spacial score (nSPS) is 10.5. The van der Waals surface area contributed by atoms with Crippen molar-refractivity contribution in [1.29, 1.82) is 0 Å². The van der Waals surface area contributed by atoms with Gasteiger partial charge in [-0.1, -0.05) is 0 Å². The molecule has 0 fully saturated rings. The number of ether oxygens (including phenoxy) is 1. The van der Waals surface area contributed by atoms with Gasteiger partial charge in [0.15, 0.2) is 0 Å². The van der Waals surface area contributed by atoms with Gasteiger partial charge in [0, 0.05) is 31.3 Å². The highest BCUT2D eigenvalue weighted by Crippen LogP contribution is 2.04. The quantitative estimate of drug-likeness (QED) is 0.749. The fraction of sp³-hybridized carbons (Fsp3) is 0.200. The van der Waals surface area contributed by atoms with Crippen molar-refractivity contribution in [3.8, 4) is 0 Å². The maximum atomic E-state index is 11.5. The van der Waals surface area contributed by atoms with Crippen molar-refractivity contribution < 1.29 is 9.53 Å². The fourth-order valence-electron chi connectivity index (χ4n) is 1.29. The third kappa shape index (κ3) is 1.97. The van der Waals surface area contributed by atoms with E-state index in [2.05, 4.69) is 10.3 Å². The average molecular weight is 205 g/mol. The van der Waals surface area contributed by atoms with Gasteiger partial charge < -0.3 is 14.5 Å². The van der Waals surface area contributed by atoms with Crippen LogP contribution in [-0.4, -0.2) is 29.1 Å². The Kier molecular flexibility index (Phi) is 2.64. The van der Waals surface area contributed by atoms with Crippen LogP contribution in [-0.2, 0) is 4.74 Å². The first kappa shape index (κ1) is 9.67. The molecule has 0 spiro atoms. The van der Waals surface area contributed by atoms with E-state index in [4.69, 9.17) is 4.74 Å². The molecule has 0 unspecified atom stereocenters. The SMILES string of the molecule is COCNC(=O)c1ccn2ccnc2c1. The standard InChI is InChI=1S/C10H11N3O2/c1-15-7-12-10(14)8-2-4-13-5-3-11-9(13)6-8/h2-6H,7H2,1H3,(H,12,14). The molecule has 0 aliphatic heterocycles. The average Bonchev–Trinajstić information content (AvgIpc) is 2.72. The Morgan fingerprint density at radius 1 is 1.60 bits per heavy atom. The number of hydrogen-bond acceptors (Lipinski definition) is 3. The molecule has 1 N–H and O–H groups in total. The minimum atomic E-state index is -0.164. The number of imidazole rings is 1. The van der Waals surface area contributed by atoms with Gasteiger partial charge in [-0.15, -0.1) is 0 Å². The number of carbonyl (C=O) groups is 1. The molecule has 2 rings (SSSR count). The molecule has 1 amide bonds. The summed E-state index contributed by atoms with van der Waals surface area (Å²) < 4.78 is 6.59. The summed E-state index contributed by atoms with van der Waals surface area (Å²) in [6, 6.07) is 3.46. The number of nitrogens with one attached hydrogen (secondary N) is 1. The van der Waals surface area contributed by atoms with E-state index >= 15 is 0 Å². The molecule has 2 heterocycles. The van der Waals surface area contributed by atoms with Crippen molar-refractivity contribution in [2.75, 3.05) is 13.8 Å². The Bertz CT molecular complexity index is 478. The summed E-state index contributed by atoms with van der Waals surface area (Å²) in [5.41, 5.74) is 1.32. The van der Waals surface area contributed by atoms with Crippen molar-refractivity contribution in [2.45, 2.75) is 0 Å². The third-order valence-corrected chi connectivity index (χ3v) is 2.04. The van der Waals surface area contributed by atoms with Crippen molar-refractivity contribution in [2.24, 2.45) is 0 Å². The molecule has 0 saturated carbocycles. The minimum absolute atomic E-state index is 0.164. The predicted molar refractivity (Wildman–Crippen MR) is 54.5 cm³/mol. The number of rotatable bonds is 3. The summed E-state index contributed by atoms with van der Waals surface area (Å²) >= 11 is 0. The van der Waals surface area contributed by atoms with Crippen LogP contribution in [0.2, 0.25) is 0 Å². The third-order valence-electron chi connectivity index (χ3n) is 2.04. The highest BCUT2D eigenvalue weighted by molar-refractivity contribution is 5.94. The number of carbonyl (C=O) groups excluding carboxylic acids is 1. The minimum Gasteiger partial charge on any atom is -0.364 e. The van der Waals surface area contributed by atoms with Crippen molar-refractivity contribution in [3.63, 3.8) is 0 Å². The van der Waals surface area contributed by atoms with Gasteiger partial charge in [0.05, 0.1) is 0 Å². The summed E-state index contributed by atoms with van der Waals surface area (Å²) in [6.45, 7) is 0.207. The first-order chi connectivity index (χ1) is 7.31. The lowest BCUT2D eigenvalue weighted by Crippen LogP contribution is -2.25. The highest BCUT2D eigenvalue weighted by Gasteiger charge is 2.05. The van der Waals surface area contributed by atoms with Crippen LogP contribution in [0, 0.1) is 0 Å². The molecule has 0 aliphatic carbocycles. The van der Waals surface area contributed by atoms with Crippen LogP contribution in [0.3, 0.4) is 0 Å². The lowest BCUT2D eigenvalue weighted by Gasteiger charge is -2.03. The zero-order chi connectivity index (χ0) is 10.7. The Hall–Kier alpha value is -1.88. The second-order valence-electron chi connectivity index (χ2n) is 3.05. The number of fused-ring (bicyclic) bond motifs is 1. The zero-order valence-electron chi connectivity index (χ0n) is 8.30. The summed E-state index contributed by atoms with van der Waals surface area (Å²) in [6.07, 6.45) is 5.31. The topological polar surface area (TPSA) is 55.6 Å². The molecule has 2 aromatic rings. The molecule has 0 atom stereocenters. The lowest BCUT2D eigenvalue weighted by atomic mass is 10.2. The molecule has 0 radical (unpaired) electrons. The Morgan fingerprint density at radius 2 is 2.47 bits per heavy atom. The Labute approximate surface area is 86.7 Å². The predicted octanol–water partition coefficient (Wildman–Crippen LogP) is 0.668. The van der Waals surface area contributed by atoms with E-state index in [1.807, 2.05) is 10.6 Å². The monoisotopic (exact) mass is 205 g/mol. The van der Waals surface area contributed by atoms with E-state index in [0.29, 0.717) is 5.56 Å². The second-order valence-corrected chi connectivity index (χ2v) is 3.05. The van der Waals surface area contributed by atoms with E-state index < -0.39 is 0 Å². The zero-order valence-corrected chi connectivity index (χ0v) is 8.30. The molecule has 0 aliphatic rings. The number of nitrogens with zero attached hydrogens (tertiary/aromatic N) is 2. The van der Waals surface area contributed by atoms with E-state index in [1.54, 1.807) is 24.5 Å².